The molecule has 6 heteroatoms. The average Bonchev–Trinajstić information content (AvgIpc) is 2.34. The molecule has 0 saturated heterocycles. The highest BCUT2D eigenvalue weighted by molar-refractivity contribution is 9.10. The van der Waals surface area contributed by atoms with Crippen LogP contribution in [-0.4, -0.2) is 9.97 Å². The fraction of sp³-hybridized carbons (Fsp3) is 0.231. The second-order valence-electron chi connectivity index (χ2n) is 3.96. The minimum atomic E-state index is 0.555. The molecule has 1 heterocycles. The van der Waals surface area contributed by atoms with E-state index in [0.29, 0.717) is 21.6 Å². The molecule has 1 aromatic carbocycles. The van der Waals surface area contributed by atoms with E-state index in [9.17, 15) is 0 Å². The molecule has 0 aliphatic carbocycles. The summed E-state index contributed by atoms with van der Waals surface area (Å²) in [4.78, 5) is 8.74. The first-order valence-corrected chi connectivity index (χ1v) is 7.39. The molecule has 0 amide bonds. The van der Waals surface area contributed by atoms with E-state index < -0.39 is 0 Å². The molecule has 0 saturated carbocycles. The molecule has 0 unspecified atom stereocenters. The maximum atomic E-state index is 6.12. The topological polar surface area (TPSA) is 37.8 Å². The second kappa shape index (κ2) is 6.55. The third-order valence-corrected chi connectivity index (χ3v) is 3.47. The SMILES string of the molecule is CCCc1nc(Br)cc(Nc2c(Cl)cccc2Cl)n1. The molecular weight excluding hydrogens is 349 g/mol. The van der Waals surface area contributed by atoms with Crippen molar-refractivity contribution < 1.29 is 0 Å². The number of hydrogen-bond donors (Lipinski definition) is 1. The van der Waals surface area contributed by atoms with E-state index in [-0.39, 0.29) is 0 Å². The number of benzene rings is 1. The predicted octanol–water partition coefficient (Wildman–Crippen LogP) is 5.24. The zero-order valence-corrected chi connectivity index (χ0v) is 13.3. The van der Waals surface area contributed by atoms with Gasteiger partial charge in [-0.25, -0.2) is 9.97 Å². The summed E-state index contributed by atoms with van der Waals surface area (Å²) < 4.78 is 0.733. The second-order valence-corrected chi connectivity index (χ2v) is 5.59. The van der Waals surface area contributed by atoms with E-state index in [0.717, 1.165) is 23.3 Å². The molecule has 100 valence electrons. The third-order valence-electron chi connectivity index (χ3n) is 2.43. The number of aromatic nitrogens is 2. The van der Waals surface area contributed by atoms with Crippen LogP contribution in [0.25, 0.3) is 0 Å². The molecule has 1 N–H and O–H groups in total. The zero-order chi connectivity index (χ0) is 13.8. The minimum absolute atomic E-state index is 0.555. The molecule has 0 spiro atoms. The van der Waals surface area contributed by atoms with Crippen molar-refractivity contribution in [3.05, 3.63) is 44.7 Å². The summed E-state index contributed by atoms with van der Waals surface area (Å²) >= 11 is 15.6. The number of halogens is 3. The number of rotatable bonds is 4. The van der Waals surface area contributed by atoms with Gasteiger partial charge in [0.25, 0.3) is 0 Å². The number of nitrogens with one attached hydrogen (secondary N) is 1. The van der Waals surface area contributed by atoms with Crippen molar-refractivity contribution in [2.45, 2.75) is 19.8 Å². The Morgan fingerprint density at radius 3 is 2.53 bits per heavy atom. The van der Waals surface area contributed by atoms with Gasteiger partial charge in [0.2, 0.25) is 0 Å². The van der Waals surface area contributed by atoms with Crippen LogP contribution in [0.15, 0.2) is 28.9 Å². The maximum Gasteiger partial charge on any atom is 0.135 e. The average molecular weight is 361 g/mol. The van der Waals surface area contributed by atoms with Crippen molar-refractivity contribution in [2.75, 3.05) is 5.32 Å². The Bertz CT molecular complexity index is 570. The molecule has 0 bridgehead atoms. The van der Waals surface area contributed by atoms with E-state index >= 15 is 0 Å². The van der Waals surface area contributed by atoms with E-state index in [1.54, 1.807) is 24.3 Å². The van der Waals surface area contributed by atoms with E-state index in [1.165, 1.54) is 0 Å². The lowest BCUT2D eigenvalue weighted by atomic mass is 10.3. The van der Waals surface area contributed by atoms with Crippen LogP contribution in [0.2, 0.25) is 10.0 Å². The summed E-state index contributed by atoms with van der Waals surface area (Å²) in [5, 5.41) is 4.24. The molecule has 1 aromatic heterocycles. The molecule has 2 aromatic rings. The monoisotopic (exact) mass is 359 g/mol. The van der Waals surface area contributed by atoms with Gasteiger partial charge in [0.05, 0.1) is 15.7 Å². The highest BCUT2D eigenvalue weighted by Crippen LogP contribution is 2.32. The van der Waals surface area contributed by atoms with Crippen molar-refractivity contribution >= 4 is 50.6 Å². The van der Waals surface area contributed by atoms with Crippen LogP contribution in [0.1, 0.15) is 19.2 Å². The maximum absolute atomic E-state index is 6.12. The smallest absolute Gasteiger partial charge is 0.135 e. The molecule has 0 radical (unpaired) electrons. The Labute approximate surface area is 130 Å². The number of anilines is 2. The van der Waals surface area contributed by atoms with Gasteiger partial charge in [0.15, 0.2) is 0 Å². The van der Waals surface area contributed by atoms with Gasteiger partial charge in [0.1, 0.15) is 16.2 Å². The third kappa shape index (κ3) is 3.81. The molecule has 0 fully saturated rings. The molecule has 0 atom stereocenters. The normalized spacial score (nSPS) is 10.5. The van der Waals surface area contributed by atoms with Crippen molar-refractivity contribution in [3.63, 3.8) is 0 Å². The first-order chi connectivity index (χ1) is 9.10. The van der Waals surface area contributed by atoms with Gasteiger partial charge in [-0.15, -0.1) is 0 Å². The first kappa shape index (κ1) is 14.6. The Hall–Kier alpha value is -0.840. The summed E-state index contributed by atoms with van der Waals surface area (Å²) in [6.45, 7) is 2.09. The summed E-state index contributed by atoms with van der Waals surface area (Å²) in [7, 11) is 0. The number of para-hydroxylation sites is 1. The van der Waals surface area contributed by atoms with Crippen molar-refractivity contribution in [1.82, 2.24) is 9.97 Å². The first-order valence-electron chi connectivity index (χ1n) is 5.84. The van der Waals surface area contributed by atoms with Gasteiger partial charge in [-0.3, -0.25) is 0 Å². The molecule has 0 aliphatic heterocycles. The van der Waals surface area contributed by atoms with Gasteiger partial charge in [-0.2, -0.15) is 0 Å². The van der Waals surface area contributed by atoms with Crippen molar-refractivity contribution in [1.29, 1.82) is 0 Å². The van der Waals surface area contributed by atoms with Crippen molar-refractivity contribution in [2.24, 2.45) is 0 Å². The fourth-order valence-corrected chi connectivity index (χ4v) is 2.52. The quantitative estimate of drug-likeness (QED) is 0.757. The molecule has 2 rings (SSSR count). The lowest BCUT2D eigenvalue weighted by molar-refractivity contribution is 0.831. The van der Waals surface area contributed by atoms with Crippen LogP contribution in [0, 0.1) is 0 Å². The number of hydrogen-bond acceptors (Lipinski definition) is 3. The largest absolute Gasteiger partial charge is 0.338 e. The van der Waals surface area contributed by atoms with Crippen LogP contribution in [0.3, 0.4) is 0 Å². The van der Waals surface area contributed by atoms with Crippen LogP contribution in [0.4, 0.5) is 11.5 Å². The summed E-state index contributed by atoms with van der Waals surface area (Å²) in [6.07, 6.45) is 1.81. The molecule has 19 heavy (non-hydrogen) atoms. The Morgan fingerprint density at radius 1 is 1.21 bits per heavy atom. The van der Waals surface area contributed by atoms with Gasteiger partial charge in [0, 0.05) is 12.5 Å². The lowest BCUT2D eigenvalue weighted by Crippen LogP contribution is -2.01. The number of nitrogens with zero attached hydrogens (tertiary/aromatic N) is 2. The highest BCUT2D eigenvalue weighted by Gasteiger charge is 2.08. The summed E-state index contributed by atoms with van der Waals surface area (Å²) in [5.74, 6) is 1.45. The van der Waals surface area contributed by atoms with E-state index in [2.05, 4.69) is 38.1 Å². The Kier molecular flexibility index (Phi) is 5.02. The molecule has 3 nitrogen and oxygen atoms in total. The van der Waals surface area contributed by atoms with Gasteiger partial charge >= 0.3 is 0 Å². The molecular formula is C13H12BrCl2N3. The van der Waals surface area contributed by atoms with Crippen LogP contribution in [0.5, 0.6) is 0 Å². The van der Waals surface area contributed by atoms with Gasteiger partial charge < -0.3 is 5.32 Å². The Morgan fingerprint density at radius 2 is 1.89 bits per heavy atom. The van der Waals surface area contributed by atoms with Crippen LogP contribution >= 0.6 is 39.1 Å². The lowest BCUT2D eigenvalue weighted by Gasteiger charge is -2.10. The van der Waals surface area contributed by atoms with Gasteiger partial charge in [-0.1, -0.05) is 36.2 Å². The summed E-state index contributed by atoms with van der Waals surface area (Å²) in [5.41, 5.74) is 0.652. The van der Waals surface area contributed by atoms with Crippen LogP contribution < -0.4 is 5.32 Å². The molecule has 0 aliphatic rings. The minimum Gasteiger partial charge on any atom is -0.338 e. The van der Waals surface area contributed by atoms with E-state index in [4.69, 9.17) is 23.2 Å². The zero-order valence-electron chi connectivity index (χ0n) is 10.3. The Balaban J connectivity index is 2.33. The predicted molar refractivity (Wildman–Crippen MR) is 83.5 cm³/mol. The van der Waals surface area contributed by atoms with Gasteiger partial charge in [-0.05, 0) is 34.5 Å². The summed E-state index contributed by atoms with van der Waals surface area (Å²) in [6, 6.07) is 7.14. The number of aryl methyl sites for hydroxylation is 1. The van der Waals surface area contributed by atoms with Crippen LogP contribution in [-0.2, 0) is 6.42 Å². The highest BCUT2D eigenvalue weighted by atomic mass is 79.9. The van der Waals surface area contributed by atoms with Crippen molar-refractivity contribution in [3.8, 4) is 0 Å². The van der Waals surface area contributed by atoms with E-state index in [1.807, 2.05) is 0 Å². The fourth-order valence-electron chi connectivity index (χ4n) is 1.61. The standard InChI is InChI=1S/C13H12BrCl2N3/c1-2-4-11-17-10(14)7-12(18-11)19-13-8(15)5-3-6-9(13)16/h3,5-7H,2,4H2,1H3,(H,17,18,19).